The van der Waals surface area contributed by atoms with Gasteiger partial charge in [0.25, 0.3) is 0 Å². The van der Waals surface area contributed by atoms with Crippen molar-refractivity contribution < 1.29 is 61.5 Å². The third-order valence-corrected chi connectivity index (χ3v) is 29.0. The van der Waals surface area contributed by atoms with Gasteiger partial charge in [0.1, 0.15) is 6.17 Å². The van der Waals surface area contributed by atoms with Crippen molar-refractivity contribution in [3.05, 3.63) is 34.9 Å². The fourth-order valence-electron chi connectivity index (χ4n) is 17.4. The molecule has 0 atom stereocenters. The monoisotopic (exact) mass is 1710 g/mol. The lowest BCUT2D eigenvalue weighted by Crippen LogP contribution is -2.50. The molecule has 12 aliphatic rings. The van der Waals surface area contributed by atoms with E-state index in [1.165, 1.54) is 243 Å². The van der Waals surface area contributed by atoms with Crippen LogP contribution in [0.4, 0.5) is 61.5 Å². The Balaban J connectivity index is 0.00000125. The molecule has 698 valence electrons. The van der Waals surface area contributed by atoms with E-state index in [1.807, 2.05) is 6.92 Å². The first kappa shape index (κ1) is 116. The first-order chi connectivity index (χ1) is 54.2. The van der Waals surface area contributed by atoms with E-state index in [1.54, 1.807) is 42.4 Å². The molecule has 0 aliphatic heterocycles. The fourth-order valence-corrected chi connectivity index (χ4v) is 17.6. The second-order valence-electron chi connectivity index (χ2n) is 42.1. The molecular formula is C102H185ClF14. The van der Waals surface area contributed by atoms with E-state index in [4.69, 9.17) is 11.6 Å². The largest absolute Gasteiger partial charge is 0.459 e. The van der Waals surface area contributed by atoms with Crippen LogP contribution < -0.4 is 0 Å². The summed E-state index contributed by atoms with van der Waals surface area (Å²) >= 11 is 5.88. The minimum absolute atomic E-state index is 0.105. The normalized spacial score (nSPS) is 29.3. The van der Waals surface area contributed by atoms with E-state index < -0.39 is 49.4 Å². The molecule has 15 heteroatoms. The van der Waals surface area contributed by atoms with Crippen molar-refractivity contribution >= 4 is 11.6 Å². The molecule has 0 heterocycles. The molecule has 117 heavy (non-hydrogen) atoms. The highest BCUT2D eigenvalue weighted by atomic mass is 35.5. The molecule has 0 N–H and O–H groups in total. The lowest BCUT2D eigenvalue weighted by molar-refractivity contribution is -0.349. The highest BCUT2D eigenvalue weighted by molar-refractivity contribution is 6.20. The zero-order chi connectivity index (χ0) is 89.6. The molecule has 0 amide bonds. The lowest BCUT2D eigenvalue weighted by atomic mass is 9.74. The first-order valence-corrected chi connectivity index (χ1v) is 48.7. The van der Waals surface area contributed by atoms with Crippen LogP contribution in [0.1, 0.15) is 467 Å². The summed E-state index contributed by atoms with van der Waals surface area (Å²) < 4.78 is 160. The zero-order valence-corrected chi connectivity index (χ0v) is 80.3. The summed E-state index contributed by atoms with van der Waals surface area (Å²) in [7, 11) is 0. The smallest absolute Gasteiger partial charge is 0.247 e. The van der Waals surface area contributed by atoms with Crippen LogP contribution in [0.2, 0.25) is 0 Å². The molecule has 12 rings (SSSR count). The van der Waals surface area contributed by atoms with Gasteiger partial charge >= 0.3 is 30.4 Å². The Hall–Kier alpha value is -1.47. The molecule has 0 aromatic heterocycles. The van der Waals surface area contributed by atoms with Crippen molar-refractivity contribution in [3.63, 3.8) is 0 Å². The van der Waals surface area contributed by atoms with Crippen molar-refractivity contribution in [1.29, 1.82) is 0 Å². The van der Waals surface area contributed by atoms with Gasteiger partial charge in [-0.3, -0.25) is 0 Å². The maximum atomic E-state index is 12.4. The van der Waals surface area contributed by atoms with Gasteiger partial charge in [0.05, 0.1) is 0 Å². The molecular weight excluding hydrogens is 1530 g/mol. The molecule has 1 spiro atoms. The first-order valence-electron chi connectivity index (χ1n) is 48.3. The molecule has 0 aromatic carbocycles. The Morgan fingerprint density at radius 3 is 1.01 bits per heavy atom. The van der Waals surface area contributed by atoms with Crippen LogP contribution in [0, 0.1) is 99.6 Å². The van der Waals surface area contributed by atoms with Gasteiger partial charge in [0.2, 0.25) is 5.92 Å². The van der Waals surface area contributed by atoms with E-state index in [-0.39, 0.29) is 19.8 Å². The van der Waals surface area contributed by atoms with Gasteiger partial charge in [-0.05, 0) is 313 Å². The summed E-state index contributed by atoms with van der Waals surface area (Å²) in [5.74, 6) is -2.86. The molecule has 0 radical (unpaired) electrons. The maximum absolute atomic E-state index is 12.4. The maximum Gasteiger partial charge on any atom is 0.459 e. The van der Waals surface area contributed by atoms with Gasteiger partial charge in [-0.15, -0.1) is 11.6 Å². The Kier molecular flexibility index (Phi) is 59.5. The lowest BCUT2D eigenvalue weighted by Gasteiger charge is -2.32. The fraction of sp³-hybridized carbons (Fsp3) is 0.941. The number of alkyl halides is 15. The third kappa shape index (κ3) is 57.7. The standard InChI is InChI=1S/C10H20.C10H18.C10H20.C9H16.2C9H18.C9H16.C8H14.C7H13Cl.C7H12F2.C7H13F.C4H3F7.C3H4F4/c2*1-8(2)10-6-4-9(3)5-7-10;1-3-4-10-7-5-9(2)6-8-10;1-8-2-4-9(5-3-8)6-7-9;1-8-4-6-9(2,3)7-5-8;2*1-3-9-6-4-8(2)5-7-9;1-7-3-5-8(2)6-4-7;1-6-2-4-7(8)5-3-6;1-6-2-4-7(8,9)5-3-6;1-6-2-4-7(8)5-3-6;1-2(5,6)3(7,8)4(9,10)11;1-3(6,7)2(4)5/h8-10H,4-7H2,1-3H3;9H,4-7H2,1-3H3;9-10H,3-8H2,1-2H3;8H,2-7H2,1H3;8H,4-7H2,1-3H3;8-9H,3-7H2,1-2H3;3,8H,4-7H2,1-2H3;8H,1,3-6H2,2H3;6-7H,2-5H2,1H3;6H,2-5H2,1H3;6-7H,2-5H2,1H3;1H3;2H,1H3. The van der Waals surface area contributed by atoms with Crippen LogP contribution in [0.25, 0.3) is 0 Å². The number of hydrogen-bond acceptors (Lipinski definition) is 0. The molecule has 0 unspecified atom stereocenters. The Morgan fingerprint density at radius 1 is 0.436 bits per heavy atom. The number of hydrogen-bond donors (Lipinski definition) is 0. The van der Waals surface area contributed by atoms with Crippen LogP contribution in [0.3, 0.4) is 0 Å². The predicted octanol–water partition coefficient (Wildman–Crippen LogP) is 38.8. The van der Waals surface area contributed by atoms with Crippen molar-refractivity contribution in [1.82, 2.24) is 0 Å². The van der Waals surface area contributed by atoms with E-state index in [9.17, 15) is 61.5 Å². The summed E-state index contributed by atoms with van der Waals surface area (Å²) in [6, 6.07) is 0. The SMILES string of the molecule is C=C1CCC(C)CC1.CC(C)=C1CCC(C)CC1.CC(F)(F)C(F)(F)C(F)(F)F.CC(F)(F)C(F)F.CC1CCC(C(C)C)CC1.CC1CCC(C)(C)CC1.CC1CCC(Cl)CC1.CC1CCC(F)(F)CC1.CC1CCC(F)CC1.CC1CCC2(CC1)CC2.CC=C1CCC(C)CC1.CCC1CCC(C)CC1.CCCC1CCC(C)CC1. The minimum atomic E-state index is -6.20. The summed E-state index contributed by atoms with van der Waals surface area (Å²) in [6.07, 6.45) is 56.2. The van der Waals surface area contributed by atoms with Gasteiger partial charge in [0.15, 0.2) is 0 Å². The van der Waals surface area contributed by atoms with Crippen molar-refractivity contribution in [2.75, 3.05) is 0 Å². The Labute approximate surface area is 718 Å². The Morgan fingerprint density at radius 2 is 0.744 bits per heavy atom. The third-order valence-electron chi connectivity index (χ3n) is 28.5. The molecule has 12 saturated carbocycles. The van der Waals surface area contributed by atoms with Gasteiger partial charge < -0.3 is 0 Å². The number of allylic oxidation sites excluding steroid dienone is 5. The van der Waals surface area contributed by atoms with Crippen LogP contribution in [0.15, 0.2) is 34.9 Å². The average Bonchev–Trinajstić information content (AvgIpc) is 1.54. The van der Waals surface area contributed by atoms with Gasteiger partial charge in [-0.25, -0.2) is 30.7 Å². The van der Waals surface area contributed by atoms with Crippen molar-refractivity contribution in [2.45, 2.75) is 515 Å². The average molecular weight is 1710 g/mol. The second kappa shape index (κ2) is 60.2. The van der Waals surface area contributed by atoms with Gasteiger partial charge in [-0.2, -0.15) is 30.7 Å². The number of rotatable bonds is 6. The summed E-state index contributed by atoms with van der Waals surface area (Å²) in [5.41, 5.74) is 7.99. The Bertz CT molecular complexity index is 2310. The van der Waals surface area contributed by atoms with E-state index in [2.05, 4.69) is 144 Å². The molecule has 0 saturated heterocycles. The number of halogens is 15. The van der Waals surface area contributed by atoms with Gasteiger partial charge in [-0.1, -0.05) is 262 Å². The van der Waals surface area contributed by atoms with E-state index in [0.717, 1.165) is 114 Å². The highest BCUT2D eigenvalue weighted by Crippen LogP contribution is 2.57. The second-order valence-corrected chi connectivity index (χ2v) is 42.7. The molecule has 12 fully saturated rings. The topological polar surface area (TPSA) is 0 Å². The molecule has 0 bridgehead atoms. The molecule has 0 aromatic rings. The van der Waals surface area contributed by atoms with E-state index >= 15 is 0 Å². The zero-order valence-electron chi connectivity index (χ0n) is 79.5. The van der Waals surface area contributed by atoms with Crippen LogP contribution in [0.5, 0.6) is 0 Å². The summed E-state index contributed by atoms with van der Waals surface area (Å²) in [4.78, 5) is 0. The minimum Gasteiger partial charge on any atom is -0.247 e. The summed E-state index contributed by atoms with van der Waals surface area (Å²) in [5, 5.41) is 0.492. The van der Waals surface area contributed by atoms with Crippen molar-refractivity contribution in [3.8, 4) is 0 Å². The predicted molar refractivity (Wildman–Crippen MR) is 479 cm³/mol. The highest BCUT2D eigenvalue weighted by Gasteiger charge is 2.70. The molecule has 12 aliphatic carbocycles. The molecule has 0 nitrogen and oxygen atoms in total. The van der Waals surface area contributed by atoms with Crippen LogP contribution >= 0.6 is 11.6 Å². The van der Waals surface area contributed by atoms with Crippen LogP contribution in [-0.2, 0) is 0 Å². The van der Waals surface area contributed by atoms with Crippen molar-refractivity contribution in [2.24, 2.45) is 99.6 Å². The van der Waals surface area contributed by atoms with E-state index in [0.29, 0.717) is 29.6 Å². The van der Waals surface area contributed by atoms with Crippen LogP contribution in [-0.4, -0.2) is 47.8 Å². The summed E-state index contributed by atoms with van der Waals surface area (Å²) in [6.45, 7) is 49.9. The van der Waals surface area contributed by atoms with Gasteiger partial charge in [0, 0.05) is 32.1 Å². The quantitative estimate of drug-likeness (QED) is 0.141.